The first-order valence-electron chi connectivity index (χ1n) is 5.58. The van der Waals surface area contributed by atoms with Crippen LogP contribution in [-0.2, 0) is 0 Å². The summed E-state index contributed by atoms with van der Waals surface area (Å²) in [6.07, 6.45) is 1.28. The van der Waals surface area contributed by atoms with Gasteiger partial charge in [-0.1, -0.05) is 13.3 Å². The Bertz CT molecular complexity index is 324. The third-order valence-electron chi connectivity index (χ3n) is 2.22. The molecule has 1 heterocycles. The number of aliphatic hydroxyl groups is 1. The van der Waals surface area contributed by atoms with Gasteiger partial charge in [-0.2, -0.15) is 9.97 Å². The third-order valence-corrected chi connectivity index (χ3v) is 2.22. The summed E-state index contributed by atoms with van der Waals surface area (Å²) in [7, 11) is 3.05. The third kappa shape index (κ3) is 4.44. The maximum absolute atomic E-state index is 9.58. The predicted octanol–water partition coefficient (Wildman–Crippen LogP) is 1.07. The summed E-state index contributed by atoms with van der Waals surface area (Å²) in [5, 5.41) is 12.5. The number of anilines is 1. The van der Waals surface area contributed by atoms with Gasteiger partial charge in [-0.05, 0) is 6.42 Å². The smallest absolute Gasteiger partial charge is 0.229 e. The van der Waals surface area contributed by atoms with Crippen molar-refractivity contribution >= 4 is 5.95 Å². The van der Waals surface area contributed by atoms with E-state index in [1.165, 1.54) is 14.2 Å². The summed E-state index contributed by atoms with van der Waals surface area (Å²) >= 11 is 0. The average Bonchev–Trinajstić information content (AvgIpc) is 2.36. The Morgan fingerprint density at radius 3 is 2.35 bits per heavy atom. The Balaban J connectivity index is 2.63. The van der Waals surface area contributed by atoms with Gasteiger partial charge in [0.05, 0.1) is 26.4 Å². The van der Waals surface area contributed by atoms with Crippen molar-refractivity contribution in [3.63, 3.8) is 0 Å². The normalized spacial score (nSPS) is 12.0. The average molecular weight is 241 g/mol. The first-order chi connectivity index (χ1) is 8.19. The van der Waals surface area contributed by atoms with Crippen LogP contribution in [0.15, 0.2) is 6.07 Å². The van der Waals surface area contributed by atoms with Gasteiger partial charge in [0.15, 0.2) is 0 Å². The van der Waals surface area contributed by atoms with Crippen LogP contribution in [0, 0.1) is 0 Å². The second kappa shape index (κ2) is 6.90. The highest BCUT2D eigenvalue weighted by Gasteiger charge is 2.07. The van der Waals surface area contributed by atoms with Gasteiger partial charge in [-0.25, -0.2) is 0 Å². The zero-order valence-corrected chi connectivity index (χ0v) is 10.4. The molecule has 96 valence electrons. The van der Waals surface area contributed by atoms with Crippen LogP contribution in [0.3, 0.4) is 0 Å². The summed E-state index contributed by atoms with van der Waals surface area (Å²) in [5.74, 6) is 1.23. The minimum absolute atomic E-state index is 0.386. The Morgan fingerprint density at radius 1 is 1.29 bits per heavy atom. The van der Waals surface area contributed by atoms with E-state index in [1.807, 2.05) is 6.92 Å². The molecule has 0 radical (unpaired) electrons. The highest BCUT2D eigenvalue weighted by molar-refractivity contribution is 5.33. The number of nitrogens with zero attached hydrogens (tertiary/aromatic N) is 2. The minimum atomic E-state index is -0.402. The van der Waals surface area contributed by atoms with E-state index >= 15 is 0 Å². The summed E-state index contributed by atoms with van der Waals surface area (Å²) in [4.78, 5) is 8.19. The van der Waals surface area contributed by atoms with Crippen LogP contribution in [-0.4, -0.2) is 41.9 Å². The van der Waals surface area contributed by atoms with Gasteiger partial charge < -0.3 is 19.9 Å². The van der Waals surface area contributed by atoms with Crippen molar-refractivity contribution in [1.82, 2.24) is 9.97 Å². The predicted molar refractivity (Wildman–Crippen MR) is 64.5 cm³/mol. The van der Waals surface area contributed by atoms with Crippen molar-refractivity contribution in [3.05, 3.63) is 6.07 Å². The fourth-order valence-corrected chi connectivity index (χ4v) is 1.34. The van der Waals surface area contributed by atoms with E-state index in [0.717, 1.165) is 12.8 Å². The molecule has 0 aliphatic heterocycles. The number of hydrogen-bond donors (Lipinski definition) is 2. The lowest BCUT2D eigenvalue weighted by atomic mass is 10.2. The molecule has 1 unspecified atom stereocenters. The van der Waals surface area contributed by atoms with E-state index in [-0.39, 0.29) is 0 Å². The molecule has 0 aliphatic carbocycles. The molecule has 6 nitrogen and oxygen atoms in total. The second-order valence-electron chi connectivity index (χ2n) is 3.60. The number of aromatic nitrogens is 2. The summed E-state index contributed by atoms with van der Waals surface area (Å²) in [5.41, 5.74) is 0. The summed E-state index contributed by atoms with van der Waals surface area (Å²) < 4.78 is 10.0. The first-order valence-corrected chi connectivity index (χ1v) is 5.58. The van der Waals surface area contributed by atoms with Gasteiger partial charge in [-0.3, -0.25) is 0 Å². The highest BCUT2D eigenvalue weighted by Crippen LogP contribution is 2.17. The monoisotopic (exact) mass is 241 g/mol. The number of nitrogens with one attached hydrogen (secondary N) is 1. The molecule has 6 heteroatoms. The molecule has 0 aliphatic rings. The van der Waals surface area contributed by atoms with Crippen LogP contribution < -0.4 is 14.8 Å². The van der Waals surface area contributed by atoms with Crippen molar-refractivity contribution in [3.8, 4) is 11.8 Å². The van der Waals surface area contributed by atoms with Crippen molar-refractivity contribution < 1.29 is 14.6 Å². The van der Waals surface area contributed by atoms with Crippen molar-refractivity contribution in [1.29, 1.82) is 0 Å². The number of ether oxygens (including phenoxy) is 2. The Hall–Kier alpha value is -1.56. The van der Waals surface area contributed by atoms with E-state index < -0.39 is 6.10 Å². The van der Waals surface area contributed by atoms with E-state index in [9.17, 15) is 5.11 Å². The number of methoxy groups -OCH3 is 2. The van der Waals surface area contributed by atoms with Crippen LogP contribution in [0.4, 0.5) is 5.95 Å². The van der Waals surface area contributed by atoms with Crippen LogP contribution in [0.2, 0.25) is 0 Å². The standard InChI is InChI=1S/C11H19N3O3/c1-4-5-8(15)7-12-11-13-9(16-2)6-10(14-11)17-3/h6,8,15H,4-5,7H2,1-3H3,(H,12,13,14). The van der Waals surface area contributed by atoms with E-state index in [1.54, 1.807) is 6.07 Å². The number of aliphatic hydroxyl groups excluding tert-OH is 1. The van der Waals surface area contributed by atoms with Crippen molar-refractivity contribution in [2.24, 2.45) is 0 Å². The first kappa shape index (κ1) is 13.5. The lowest BCUT2D eigenvalue weighted by molar-refractivity contribution is 0.176. The van der Waals surface area contributed by atoms with Crippen LogP contribution in [0.5, 0.6) is 11.8 Å². The SMILES string of the molecule is CCCC(O)CNc1nc(OC)cc(OC)n1. The van der Waals surface area contributed by atoms with Crippen LogP contribution in [0.1, 0.15) is 19.8 Å². The zero-order chi connectivity index (χ0) is 12.7. The molecule has 0 aromatic carbocycles. The lowest BCUT2D eigenvalue weighted by Crippen LogP contribution is -2.20. The van der Waals surface area contributed by atoms with Gasteiger partial charge in [-0.15, -0.1) is 0 Å². The summed E-state index contributed by atoms with van der Waals surface area (Å²) in [6, 6.07) is 1.59. The maximum atomic E-state index is 9.58. The summed E-state index contributed by atoms with van der Waals surface area (Å²) in [6.45, 7) is 2.43. The molecule has 0 amide bonds. The fraction of sp³-hybridized carbons (Fsp3) is 0.636. The molecule has 0 spiro atoms. The fourth-order valence-electron chi connectivity index (χ4n) is 1.34. The topological polar surface area (TPSA) is 76.5 Å². The molecule has 17 heavy (non-hydrogen) atoms. The molecule has 0 saturated carbocycles. The van der Waals surface area contributed by atoms with Gasteiger partial charge in [0.1, 0.15) is 0 Å². The molecule has 0 fully saturated rings. The molecule has 1 aromatic rings. The molecule has 1 atom stereocenters. The van der Waals surface area contributed by atoms with Crippen LogP contribution >= 0.6 is 0 Å². The number of rotatable bonds is 7. The van der Waals surface area contributed by atoms with E-state index in [2.05, 4.69) is 15.3 Å². The molecule has 0 saturated heterocycles. The van der Waals surface area contributed by atoms with Crippen molar-refractivity contribution in [2.75, 3.05) is 26.1 Å². The molecule has 1 aromatic heterocycles. The highest BCUT2D eigenvalue weighted by atomic mass is 16.5. The van der Waals surface area contributed by atoms with Gasteiger partial charge in [0.2, 0.25) is 17.7 Å². The Labute approximate surface area is 101 Å². The Kier molecular flexibility index (Phi) is 5.48. The quantitative estimate of drug-likeness (QED) is 0.743. The largest absolute Gasteiger partial charge is 0.481 e. The zero-order valence-electron chi connectivity index (χ0n) is 10.4. The van der Waals surface area contributed by atoms with Crippen molar-refractivity contribution in [2.45, 2.75) is 25.9 Å². The molecular formula is C11H19N3O3. The molecular weight excluding hydrogens is 222 g/mol. The Morgan fingerprint density at radius 2 is 1.88 bits per heavy atom. The van der Waals surface area contributed by atoms with Gasteiger partial charge >= 0.3 is 0 Å². The molecule has 0 bridgehead atoms. The maximum Gasteiger partial charge on any atom is 0.229 e. The molecule has 2 N–H and O–H groups in total. The molecule has 1 rings (SSSR count). The van der Waals surface area contributed by atoms with E-state index in [4.69, 9.17) is 9.47 Å². The lowest BCUT2D eigenvalue weighted by Gasteiger charge is -2.11. The van der Waals surface area contributed by atoms with Gasteiger partial charge in [0.25, 0.3) is 0 Å². The minimum Gasteiger partial charge on any atom is -0.481 e. The van der Waals surface area contributed by atoms with E-state index in [0.29, 0.717) is 24.3 Å². The van der Waals surface area contributed by atoms with Crippen LogP contribution in [0.25, 0.3) is 0 Å². The van der Waals surface area contributed by atoms with Gasteiger partial charge in [0, 0.05) is 6.54 Å². The second-order valence-corrected chi connectivity index (χ2v) is 3.60. The number of hydrogen-bond acceptors (Lipinski definition) is 6.